The molecule has 1 aliphatic rings. The van der Waals surface area contributed by atoms with E-state index in [2.05, 4.69) is 21.2 Å². The van der Waals surface area contributed by atoms with E-state index in [0.717, 1.165) is 30.4 Å². The Hall–Kier alpha value is -1.14. The van der Waals surface area contributed by atoms with Crippen LogP contribution in [0.1, 0.15) is 12.8 Å². The molecule has 1 heterocycles. The van der Waals surface area contributed by atoms with Gasteiger partial charge in [0.05, 0.1) is 22.1 Å². The average molecular weight is 315 g/mol. The van der Waals surface area contributed by atoms with Gasteiger partial charge in [0.15, 0.2) is 0 Å². The summed E-state index contributed by atoms with van der Waals surface area (Å²) in [6.45, 7) is 2.65. The van der Waals surface area contributed by atoms with Crippen molar-refractivity contribution in [2.24, 2.45) is 5.92 Å². The van der Waals surface area contributed by atoms with Gasteiger partial charge in [0, 0.05) is 6.07 Å². The molecule has 5 nitrogen and oxygen atoms in total. The summed E-state index contributed by atoms with van der Waals surface area (Å²) in [4.78, 5) is 10.3. The van der Waals surface area contributed by atoms with Crippen LogP contribution in [0.15, 0.2) is 22.7 Å². The van der Waals surface area contributed by atoms with Gasteiger partial charge in [-0.25, -0.2) is 0 Å². The van der Waals surface area contributed by atoms with Gasteiger partial charge in [-0.15, -0.1) is 0 Å². The van der Waals surface area contributed by atoms with Crippen molar-refractivity contribution < 1.29 is 9.66 Å². The first-order valence-corrected chi connectivity index (χ1v) is 6.73. The summed E-state index contributed by atoms with van der Waals surface area (Å²) in [5.41, 5.74) is 0.0542. The third-order valence-corrected chi connectivity index (χ3v) is 3.71. The molecule has 1 aromatic carbocycles. The Morgan fingerprint density at radius 2 is 2.17 bits per heavy atom. The predicted octanol–water partition coefficient (Wildman–Crippen LogP) is 2.74. The lowest BCUT2D eigenvalue weighted by molar-refractivity contribution is -0.385. The third-order valence-electron chi connectivity index (χ3n) is 3.06. The lowest BCUT2D eigenvalue weighted by Gasteiger charge is -2.22. The Balaban J connectivity index is 1.99. The van der Waals surface area contributed by atoms with Gasteiger partial charge in [-0.1, -0.05) is 0 Å². The van der Waals surface area contributed by atoms with Crippen molar-refractivity contribution in [2.45, 2.75) is 12.8 Å². The molecule has 1 fully saturated rings. The van der Waals surface area contributed by atoms with E-state index in [-0.39, 0.29) is 5.69 Å². The predicted molar refractivity (Wildman–Crippen MR) is 71.9 cm³/mol. The lowest BCUT2D eigenvalue weighted by Crippen LogP contribution is -2.30. The third kappa shape index (κ3) is 3.43. The number of ether oxygens (including phenoxy) is 1. The Kier molecular flexibility index (Phi) is 4.54. The Labute approximate surface area is 114 Å². The van der Waals surface area contributed by atoms with Crippen molar-refractivity contribution in [1.29, 1.82) is 0 Å². The van der Waals surface area contributed by atoms with Crippen LogP contribution >= 0.6 is 15.9 Å². The topological polar surface area (TPSA) is 64.4 Å². The number of piperidine rings is 1. The van der Waals surface area contributed by atoms with Crippen molar-refractivity contribution in [2.75, 3.05) is 19.7 Å². The van der Waals surface area contributed by atoms with Gasteiger partial charge in [0.1, 0.15) is 5.75 Å². The summed E-state index contributed by atoms with van der Waals surface area (Å²) in [5, 5.41) is 14.0. The summed E-state index contributed by atoms with van der Waals surface area (Å²) in [5.74, 6) is 1.07. The normalized spacial score (nSPS) is 16.5. The van der Waals surface area contributed by atoms with Gasteiger partial charge < -0.3 is 10.1 Å². The number of nitrogens with one attached hydrogen (secondary N) is 1. The minimum atomic E-state index is -0.413. The van der Waals surface area contributed by atoms with Gasteiger partial charge in [0.2, 0.25) is 0 Å². The fraction of sp³-hybridized carbons (Fsp3) is 0.500. The molecule has 0 spiro atoms. The molecule has 98 valence electrons. The standard InChI is InChI=1S/C12H15BrN2O3/c13-11-2-1-10(15(16)17)7-12(11)18-8-9-3-5-14-6-4-9/h1-2,7,9,14H,3-6,8H2. The SMILES string of the molecule is O=[N+]([O-])c1ccc(Br)c(OCC2CCNCC2)c1. The van der Waals surface area contributed by atoms with E-state index in [1.54, 1.807) is 6.07 Å². The number of nitro groups is 1. The van der Waals surface area contributed by atoms with E-state index in [0.29, 0.717) is 18.3 Å². The van der Waals surface area contributed by atoms with Crippen LogP contribution in [0.3, 0.4) is 0 Å². The van der Waals surface area contributed by atoms with Gasteiger partial charge in [-0.2, -0.15) is 0 Å². The molecule has 0 unspecified atom stereocenters. The molecule has 0 amide bonds. The van der Waals surface area contributed by atoms with Gasteiger partial charge in [-0.05, 0) is 53.8 Å². The monoisotopic (exact) mass is 314 g/mol. The van der Waals surface area contributed by atoms with Crippen molar-refractivity contribution in [3.8, 4) is 5.75 Å². The molecule has 1 aromatic rings. The summed E-state index contributed by atoms with van der Waals surface area (Å²) in [6.07, 6.45) is 2.18. The first-order valence-electron chi connectivity index (χ1n) is 5.94. The van der Waals surface area contributed by atoms with E-state index < -0.39 is 4.92 Å². The highest BCUT2D eigenvalue weighted by Gasteiger charge is 2.15. The molecule has 1 saturated heterocycles. The van der Waals surface area contributed by atoms with Crippen LogP contribution in [-0.4, -0.2) is 24.6 Å². The molecule has 6 heteroatoms. The van der Waals surface area contributed by atoms with E-state index in [1.165, 1.54) is 12.1 Å². The summed E-state index contributed by atoms with van der Waals surface area (Å²) in [6, 6.07) is 4.57. The van der Waals surface area contributed by atoms with Crippen LogP contribution in [0, 0.1) is 16.0 Å². The average Bonchev–Trinajstić information content (AvgIpc) is 2.38. The zero-order valence-corrected chi connectivity index (χ0v) is 11.5. The molecule has 18 heavy (non-hydrogen) atoms. The maximum absolute atomic E-state index is 10.7. The number of benzene rings is 1. The summed E-state index contributed by atoms with van der Waals surface area (Å²) >= 11 is 3.34. The molecule has 0 atom stereocenters. The highest BCUT2D eigenvalue weighted by Crippen LogP contribution is 2.30. The number of non-ortho nitro benzene ring substituents is 1. The molecule has 0 radical (unpaired) electrons. The van der Waals surface area contributed by atoms with Crippen LogP contribution < -0.4 is 10.1 Å². The van der Waals surface area contributed by atoms with E-state index in [1.807, 2.05) is 0 Å². The largest absolute Gasteiger partial charge is 0.492 e. The van der Waals surface area contributed by atoms with Crippen molar-refractivity contribution >= 4 is 21.6 Å². The molecule has 2 rings (SSSR count). The van der Waals surface area contributed by atoms with Crippen LogP contribution in [0.25, 0.3) is 0 Å². The number of nitrogens with zero attached hydrogens (tertiary/aromatic N) is 1. The Bertz CT molecular complexity index is 433. The number of hydrogen-bond acceptors (Lipinski definition) is 4. The molecular formula is C12H15BrN2O3. The zero-order chi connectivity index (χ0) is 13.0. The maximum atomic E-state index is 10.7. The van der Waals surface area contributed by atoms with Crippen LogP contribution in [-0.2, 0) is 0 Å². The first kappa shape index (κ1) is 13.3. The highest BCUT2D eigenvalue weighted by atomic mass is 79.9. The number of rotatable bonds is 4. The van der Waals surface area contributed by atoms with E-state index in [9.17, 15) is 10.1 Å². The lowest BCUT2D eigenvalue weighted by atomic mass is 9.99. The molecule has 1 aliphatic heterocycles. The molecule has 0 bridgehead atoms. The smallest absolute Gasteiger partial charge is 0.273 e. The molecule has 0 aliphatic carbocycles. The second-order valence-electron chi connectivity index (χ2n) is 4.38. The highest BCUT2D eigenvalue weighted by molar-refractivity contribution is 9.10. The zero-order valence-electron chi connectivity index (χ0n) is 9.89. The second kappa shape index (κ2) is 6.15. The van der Waals surface area contributed by atoms with Crippen molar-refractivity contribution in [3.05, 3.63) is 32.8 Å². The summed E-state index contributed by atoms with van der Waals surface area (Å²) in [7, 11) is 0. The van der Waals surface area contributed by atoms with Crippen LogP contribution in [0.5, 0.6) is 5.75 Å². The van der Waals surface area contributed by atoms with Crippen LogP contribution in [0.4, 0.5) is 5.69 Å². The van der Waals surface area contributed by atoms with E-state index >= 15 is 0 Å². The molecule has 0 saturated carbocycles. The molecule has 0 aromatic heterocycles. The van der Waals surface area contributed by atoms with Gasteiger partial charge >= 0.3 is 0 Å². The maximum Gasteiger partial charge on any atom is 0.273 e. The Morgan fingerprint density at radius 3 is 2.83 bits per heavy atom. The minimum Gasteiger partial charge on any atom is -0.492 e. The van der Waals surface area contributed by atoms with E-state index in [4.69, 9.17) is 4.74 Å². The Morgan fingerprint density at radius 1 is 1.44 bits per heavy atom. The minimum absolute atomic E-state index is 0.0542. The first-order chi connectivity index (χ1) is 8.66. The van der Waals surface area contributed by atoms with Gasteiger partial charge in [-0.3, -0.25) is 10.1 Å². The van der Waals surface area contributed by atoms with Crippen molar-refractivity contribution in [3.63, 3.8) is 0 Å². The number of nitro benzene ring substituents is 1. The fourth-order valence-corrected chi connectivity index (χ4v) is 2.33. The fourth-order valence-electron chi connectivity index (χ4n) is 1.97. The molecular weight excluding hydrogens is 300 g/mol. The molecule has 1 N–H and O–H groups in total. The van der Waals surface area contributed by atoms with Crippen molar-refractivity contribution in [1.82, 2.24) is 5.32 Å². The second-order valence-corrected chi connectivity index (χ2v) is 5.23. The number of halogens is 1. The van der Waals surface area contributed by atoms with Crippen LogP contribution in [0.2, 0.25) is 0 Å². The quantitative estimate of drug-likeness (QED) is 0.685. The van der Waals surface area contributed by atoms with Gasteiger partial charge in [0.25, 0.3) is 5.69 Å². The summed E-state index contributed by atoms with van der Waals surface area (Å²) < 4.78 is 6.44. The number of hydrogen-bond donors (Lipinski definition) is 1.